The molecule has 0 unspecified atom stereocenters. The molecule has 0 amide bonds. The van der Waals surface area contributed by atoms with E-state index in [1.165, 1.54) is 16.7 Å². The summed E-state index contributed by atoms with van der Waals surface area (Å²) in [4.78, 5) is 13.7. The van der Waals surface area contributed by atoms with Gasteiger partial charge in [-0.3, -0.25) is 9.36 Å². The van der Waals surface area contributed by atoms with E-state index in [-0.39, 0.29) is 10.8 Å². The Morgan fingerprint density at radius 2 is 1.11 bits per heavy atom. The highest BCUT2D eigenvalue weighted by atomic mass is 19.4. The van der Waals surface area contributed by atoms with Crippen LogP contribution in [0.4, 0.5) is 13.2 Å². The molecule has 0 aliphatic heterocycles. The maximum absolute atomic E-state index is 14.1. The van der Waals surface area contributed by atoms with Crippen LogP contribution in [0.1, 0.15) is 5.56 Å². The molecule has 0 aliphatic rings. The van der Waals surface area contributed by atoms with Crippen molar-refractivity contribution in [2.75, 3.05) is 0 Å². The van der Waals surface area contributed by atoms with Gasteiger partial charge >= 0.3 is 6.18 Å². The summed E-state index contributed by atoms with van der Waals surface area (Å²) in [6.45, 7) is 0. The topological polar surface area (TPSA) is 22.0 Å². The molecule has 1 aromatic heterocycles. The van der Waals surface area contributed by atoms with Crippen LogP contribution in [0, 0.1) is 0 Å². The molecule has 0 aliphatic carbocycles. The van der Waals surface area contributed by atoms with Gasteiger partial charge in [-0.15, -0.1) is 0 Å². The third-order valence-corrected chi connectivity index (χ3v) is 6.65. The number of rotatable bonds is 3. The van der Waals surface area contributed by atoms with Gasteiger partial charge in [0.15, 0.2) is 0 Å². The molecular formula is C32H20F3NO. The van der Waals surface area contributed by atoms with Crippen LogP contribution >= 0.6 is 0 Å². The van der Waals surface area contributed by atoms with Gasteiger partial charge in [0, 0.05) is 21.8 Å². The van der Waals surface area contributed by atoms with E-state index in [0.29, 0.717) is 16.6 Å². The second kappa shape index (κ2) is 8.79. The van der Waals surface area contributed by atoms with Crippen LogP contribution in [-0.4, -0.2) is 4.57 Å². The fourth-order valence-corrected chi connectivity index (χ4v) is 4.92. The van der Waals surface area contributed by atoms with Gasteiger partial charge in [-0.2, -0.15) is 13.2 Å². The predicted octanol–water partition coefficient (Wildman–Crippen LogP) is 8.50. The zero-order chi connectivity index (χ0) is 25.6. The fraction of sp³-hybridized carbons (Fsp3) is 0.0312. The van der Waals surface area contributed by atoms with Crippen LogP contribution in [-0.2, 0) is 6.18 Å². The molecule has 0 saturated carbocycles. The third kappa shape index (κ3) is 3.99. The summed E-state index contributed by atoms with van der Waals surface area (Å²) >= 11 is 0. The van der Waals surface area contributed by atoms with Crippen LogP contribution in [0.25, 0.3) is 49.6 Å². The van der Waals surface area contributed by atoms with Gasteiger partial charge in [0.2, 0.25) is 0 Å². The monoisotopic (exact) mass is 491 g/mol. The molecule has 2 nitrogen and oxygen atoms in total. The van der Waals surface area contributed by atoms with Crippen LogP contribution in [0.5, 0.6) is 0 Å². The molecule has 5 heteroatoms. The summed E-state index contributed by atoms with van der Waals surface area (Å²) in [5.41, 5.74) is 3.36. The normalized spacial score (nSPS) is 11.8. The smallest absolute Gasteiger partial charge is 0.276 e. The zero-order valence-electron chi connectivity index (χ0n) is 19.5. The number of aromatic nitrogens is 1. The second-order valence-electron chi connectivity index (χ2n) is 8.88. The van der Waals surface area contributed by atoms with Crippen molar-refractivity contribution in [2.24, 2.45) is 0 Å². The molecule has 0 radical (unpaired) electrons. The van der Waals surface area contributed by atoms with Gasteiger partial charge in [0.1, 0.15) is 0 Å². The number of halogens is 3. The molecule has 0 N–H and O–H groups in total. The standard InChI is InChI=1S/C32H20F3NO/c33-32(34,35)28-13-7-12-26-30(28)27-20-24(22-10-5-2-6-11-22)16-19-29(27)36(31(26)37)25-17-14-23(15-18-25)21-8-3-1-4-9-21/h1-20H. The summed E-state index contributed by atoms with van der Waals surface area (Å²) < 4.78 is 43.9. The summed E-state index contributed by atoms with van der Waals surface area (Å²) in [7, 11) is 0. The van der Waals surface area contributed by atoms with Crippen LogP contribution < -0.4 is 5.56 Å². The first-order chi connectivity index (χ1) is 17.9. The van der Waals surface area contributed by atoms with E-state index in [0.717, 1.165) is 28.3 Å². The minimum Gasteiger partial charge on any atom is -0.276 e. The van der Waals surface area contributed by atoms with E-state index in [2.05, 4.69) is 0 Å². The van der Waals surface area contributed by atoms with E-state index in [1.807, 2.05) is 91.0 Å². The van der Waals surface area contributed by atoms with E-state index in [9.17, 15) is 18.0 Å². The SMILES string of the molecule is O=c1c2cccc(C(F)(F)F)c2c2cc(-c3ccccc3)ccc2n1-c1ccc(-c2ccccc2)cc1. The summed E-state index contributed by atoms with van der Waals surface area (Å²) in [5, 5.41) is 0.320. The minimum atomic E-state index is -4.61. The van der Waals surface area contributed by atoms with Crippen molar-refractivity contribution in [3.05, 3.63) is 137 Å². The lowest BCUT2D eigenvalue weighted by Crippen LogP contribution is -2.20. The van der Waals surface area contributed by atoms with E-state index in [1.54, 1.807) is 12.1 Å². The van der Waals surface area contributed by atoms with Crippen LogP contribution in [0.15, 0.2) is 126 Å². The predicted molar refractivity (Wildman–Crippen MR) is 143 cm³/mol. The van der Waals surface area contributed by atoms with Crippen LogP contribution in [0.2, 0.25) is 0 Å². The Balaban J connectivity index is 1.67. The van der Waals surface area contributed by atoms with Crippen molar-refractivity contribution in [3.63, 3.8) is 0 Å². The Kier molecular flexibility index (Phi) is 5.41. The molecule has 0 bridgehead atoms. The van der Waals surface area contributed by atoms with Gasteiger partial charge in [0.25, 0.3) is 5.56 Å². The molecule has 6 rings (SSSR count). The van der Waals surface area contributed by atoms with Crippen molar-refractivity contribution in [1.82, 2.24) is 4.57 Å². The average molecular weight is 492 g/mol. The first-order valence-electron chi connectivity index (χ1n) is 11.8. The number of hydrogen-bond acceptors (Lipinski definition) is 1. The molecule has 0 spiro atoms. The van der Waals surface area contributed by atoms with Gasteiger partial charge in [-0.05, 0) is 58.7 Å². The molecule has 6 aromatic rings. The number of alkyl halides is 3. The summed E-state index contributed by atoms with van der Waals surface area (Å²) in [6, 6.07) is 35.9. The lowest BCUT2D eigenvalue weighted by molar-refractivity contribution is -0.136. The number of benzene rings is 5. The van der Waals surface area contributed by atoms with Crippen molar-refractivity contribution in [2.45, 2.75) is 6.18 Å². The Labute approximate surface area is 210 Å². The molecule has 1 heterocycles. The summed E-state index contributed by atoms with van der Waals surface area (Å²) in [5.74, 6) is 0. The van der Waals surface area contributed by atoms with Crippen molar-refractivity contribution in [3.8, 4) is 27.9 Å². The van der Waals surface area contributed by atoms with E-state index >= 15 is 0 Å². The number of fused-ring (bicyclic) bond motifs is 3. The quantitative estimate of drug-likeness (QED) is 0.228. The van der Waals surface area contributed by atoms with Crippen molar-refractivity contribution in [1.29, 1.82) is 0 Å². The van der Waals surface area contributed by atoms with Crippen LogP contribution in [0.3, 0.4) is 0 Å². The zero-order valence-corrected chi connectivity index (χ0v) is 19.5. The number of hydrogen-bond donors (Lipinski definition) is 0. The van der Waals surface area contributed by atoms with Crippen molar-refractivity contribution >= 4 is 21.7 Å². The second-order valence-corrected chi connectivity index (χ2v) is 8.88. The highest BCUT2D eigenvalue weighted by Gasteiger charge is 2.34. The Morgan fingerprint density at radius 3 is 1.73 bits per heavy atom. The van der Waals surface area contributed by atoms with Crippen molar-refractivity contribution < 1.29 is 13.2 Å². The minimum absolute atomic E-state index is 0.0275. The van der Waals surface area contributed by atoms with E-state index in [4.69, 9.17) is 0 Å². The highest BCUT2D eigenvalue weighted by molar-refractivity contribution is 6.09. The maximum atomic E-state index is 14.1. The lowest BCUT2D eigenvalue weighted by atomic mass is 9.96. The molecular weight excluding hydrogens is 471 g/mol. The van der Waals surface area contributed by atoms with Gasteiger partial charge in [-0.25, -0.2) is 0 Å². The highest BCUT2D eigenvalue weighted by Crippen LogP contribution is 2.39. The van der Waals surface area contributed by atoms with Gasteiger partial charge in [-0.1, -0.05) is 84.9 Å². The first kappa shape index (κ1) is 22.8. The Hall–Kier alpha value is -4.64. The first-order valence-corrected chi connectivity index (χ1v) is 11.8. The van der Waals surface area contributed by atoms with Gasteiger partial charge < -0.3 is 0 Å². The number of pyridine rings is 1. The molecule has 0 saturated heterocycles. The fourth-order valence-electron chi connectivity index (χ4n) is 4.92. The average Bonchev–Trinajstić information content (AvgIpc) is 2.93. The molecule has 5 aromatic carbocycles. The van der Waals surface area contributed by atoms with E-state index < -0.39 is 17.3 Å². The largest absolute Gasteiger partial charge is 0.417 e. The Bertz CT molecular complexity index is 1800. The Morgan fingerprint density at radius 1 is 0.541 bits per heavy atom. The maximum Gasteiger partial charge on any atom is 0.417 e. The molecule has 180 valence electrons. The lowest BCUT2D eigenvalue weighted by Gasteiger charge is -2.18. The molecule has 0 atom stereocenters. The third-order valence-electron chi connectivity index (χ3n) is 6.65. The molecule has 0 fully saturated rings. The summed E-state index contributed by atoms with van der Waals surface area (Å²) in [6.07, 6.45) is -4.61. The number of nitrogens with zero attached hydrogens (tertiary/aromatic N) is 1. The molecule has 37 heavy (non-hydrogen) atoms. The van der Waals surface area contributed by atoms with Gasteiger partial charge in [0.05, 0.1) is 11.1 Å².